The first-order valence-electron chi connectivity index (χ1n) is 17.2. The number of thiophene rings is 1. The molecule has 2 nitrogen and oxygen atoms in total. The Morgan fingerprint density at radius 2 is 1.04 bits per heavy atom. The fraction of sp³-hybridized carbons (Fsp3) is 0.0638. The minimum atomic E-state index is -0.183. The van der Waals surface area contributed by atoms with Crippen LogP contribution in [0.2, 0.25) is 0 Å². The van der Waals surface area contributed by atoms with Crippen molar-refractivity contribution >= 4 is 42.4 Å². The van der Waals surface area contributed by atoms with Gasteiger partial charge in [-0.25, -0.2) is 9.97 Å². The second-order valence-corrected chi connectivity index (χ2v) is 14.8. The van der Waals surface area contributed by atoms with Gasteiger partial charge in [-0.05, 0) is 68.8 Å². The van der Waals surface area contributed by atoms with Gasteiger partial charge in [0.05, 0.1) is 11.2 Å². The van der Waals surface area contributed by atoms with Crippen LogP contribution < -0.4 is 0 Å². The Morgan fingerprint density at radius 1 is 0.440 bits per heavy atom. The smallest absolute Gasteiger partial charge is 0.160 e. The summed E-state index contributed by atoms with van der Waals surface area (Å²) in [4.78, 5) is 10.4. The maximum atomic E-state index is 5.26. The van der Waals surface area contributed by atoms with Crippen LogP contribution in [0.3, 0.4) is 0 Å². The second-order valence-electron chi connectivity index (χ2n) is 13.8. The molecule has 2 aromatic heterocycles. The molecule has 7 aromatic carbocycles. The molecular formula is C47H32N2S. The molecule has 9 aromatic rings. The number of hydrogen-bond acceptors (Lipinski definition) is 3. The zero-order valence-corrected chi connectivity index (χ0v) is 28.6. The number of nitrogens with zero attached hydrogens (tertiary/aromatic N) is 2. The molecule has 0 amide bonds. The fourth-order valence-electron chi connectivity index (χ4n) is 7.90. The molecular weight excluding hydrogens is 625 g/mol. The van der Waals surface area contributed by atoms with Crippen LogP contribution in [0, 0.1) is 0 Å². The molecule has 236 valence electrons. The van der Waals surface area contributed by atoms with Gasteiger partial charge in [0.1, 0.15) is 0 Å². The van der Waals surface area contributed by atoms with E-state index in [9.17, 15) is 0 Å². The van der Waals surface area contributed by atoms with Crippen LogP contribution in [-0.2, 0) is 5.41 Å². The molecule has 0 aliphatic heterocycles. The Labute approximate surface area is 295 Å². The van der Waals surface area contributed by atoms with E-state index < -0.39 is 0 Å². The van der Waals surface area contributed by atoms with E-state index in [2.05, 4.69) is 172 Å². The Kier molecular flexibility index (Phi) is 6.43. The van der Waals surface area contributed by atoms with Gasteiger partial charge in [-0.15, -0.1) is 11.3 Å². The quantitative estimate of drug-likeness (QED) is 0.188. The maximum Gasteiger partial charge on any atom is 0.160 e. The molecule has 10 rings (SSSR count). The van der Waals surface area contributed by atoms with Crippen molar-refractivity contribution in [3.8, 4) is 56.0 Å². The van der Waals surface area contributed by atoms with Gasteiger partial charge in [0, 0.05) is 42.1 Å². The minimum absolute atomic E-state index is 0.183. The summed E-state index contributed by atoms with van der Waals surface area (Å²) in [6.07, 6.45) is 0. The van der Waals surface area contributed by atoms with Gasteiger partial charge in [0.25, 0.3) is 0 Å². The molecule has 0 bridgehead atoms. The zero-order chi connectivity index (χ0) is 33.4. The fourth-order valence-corrected chi connectivity index (χ4v) is 9.13. The lowest BCUT2D eigenvalue weighted by Gasteiger charge is -2.22. The molecule has 0 radical (unpaired) electrons. The molecule has 3 heteroatoms. The monoisotopic (exact) mass is 656 g/mol. The average molecular weight is 657 g/mol. The summed E-state index contributed by atoms with van der Waals surface area (Å²) in [5.41, 5.74) is 14.1. The number of aromatic nitrogens is 2. The summed E-state index contributed by atoms with van der Waals surface area (Å²) in [6, 6.07) is 56.9. The highest BCUT2D eigenvalue weighted by molar-refractivity contribution is 7.26. The standard InChI is InChI=1S/C47H32N2S/c1-47(2)40-27-32(34-15-10-16-38-37-13-7-9-18-43(37)50-45(34)38)23-25-35(40)36-26-24-33(28-41(36)47)46-48-42-17-8-6-14-39(42)44(49-46)31-21-19-30(20-22-31)29-11-4-3-5-12-29/h3-28H,1-2H3. The average Bonchev–Trinajstić information content (AvgIpc) is 3.66. The predicted molar refractivity (Wildman–Crippen MR) is 212 cm³/mol. The lowest BCUT2D eigenvalue weighted by atomic mass is 9.81. The summed E-state index contributed by atoms with van der Waals surface area (Å²) in [7, 11) is 0. The van der Waals surface area contributed by atoms with Crippen molar-refractivity contribution < 1.29 is 0 Å². The molecule has 0 spiro atoms. The predicted octanol–water partition coefficient (Wildman–Crippen LogP) is 13.0. The third kappa shape index (κ3) is 4.47. The lowest BCUT2D eigenvalue weighted by Crippen LogP contribution is -2.15. The SMILES string of the molecule is CC1(C)c2cc(-c3nc(-c4ccc(-c5ccccc5)cc4)c4ccccc4n3)ccc2-c2ccc(-c3cccc4c3sc3ccccc34)cc21. The van der Waals surface area contributed by atoms with Crippen LogP contribution >= 0.6 is 11.3 Å². The second kappa shape index (κ2) is 11.1. The van der Waals surface area contributed by atoms with E-state index >= 15 is 0 Å². The molecule has 50 heavy (non-hydrogen) atoms. The summed E-state index contributed by atoms with van der Waals surface area (Å²) >= 11 is 1.89. The van der Waals surface area contributed by atoms with Crippen LogP contribution in [0.5, 0.6) is 0 Å². The van der Waals surface area contributed by atoms with E-state index in [1.165, 1.54) is 64.7 Å². The Bertz CT molecular complexity index is 2770. The highest BCUT2D eigenvalue weighted by Crippen LogP contribution is 2.51. The van der Waals surface area contributed by atoms with Gasteiger partial charge in [0.15, 0.2) is 5.82 Å². The molecule has 0 unspecified atom stereocenters. The van der Waals surface area contributed by atoms with E-state index in [-0.39, 0.29) is 5.41 Å². The van der Waals surface area contributed by atoms with Crippen LogP contribution in [0.15, 0.2) is 158 Å². The number of para-hydroxylation sites is 1. The topological polar surface area (TPSA) is 25.8 Å². The van der Waals surface area contributed by atoms with Crippen LogP contribution in [0.4, 0.5) is 0 Å². The van der Waals surface area contributed by atoms with Crippen molar-refractivity contribution in [3.05, 3.63) is 169 Å². The van der Waals surface area contributed by atoms with Crippen molar-refractivity contribution in [2.24, 2.45) is 0 Å². The minimum Gasteiger partial charge on any atom is -0.228 e. The third-order valence-corrected chi connectivity index (χ3v) is 11.7. The van der Waals surface area contributed by atoms with Crippen LogP contribution in [0.1, 0.15) is 25.0 Å². The van der Waals surface area contributed by atoms with Crippen LogP contribution in [-0.4, -0.2) is 9.97 Å². The van der Waals surface area contributed by atoms with E-state index in [1.807, 2.05) is 11.3 Å². The number of hydrogen-bond donors (Lipinski definition) is 0. The van der Waals surface area contributed by atoms with E-state index in [0.29, 0.717) is 0 Å². The van der Waals surface area contributed by atoms with E-state index in [0.717, 1.165) is 33.5 Å². The van der Waals surface area contributed by atoms with Crippen molar-refractivity contribution in [1.29, 1.82) is 0 Å². The molecule has 0 atom stereocenters. The molecule has 2 heterocycles. The number of benzene rings is 7. The third-order valence-electron chi connectivity index (χ3n) is 10.5. The molecule has 0 saturated carbocycles. The molecule has 1 aliphatic rings. The van der Waals surface area contributed by atoms with Crippen LogP contribution in [0.25, 0.3) is 87.1 Å². The largest absolute Gasteiger partial charge is 0.228 e. The normalized spacial score (nSPS) is 13.2. The highest BCUT2D eigenvalue weighted by atomic mass is 32.1. The lowest BCUT2D eigenvalue weighted by molar-refractivity contribution is 0.661. The van der Waals surface area contributed by atoms with E-state index in [4.69, 9.17) is 9.97 Å². The summed E-state index contributed by atoms with van der Waals surface area (Å²) in [6.45, 7) is 4.71. The van der Waals surface area contributed by atoms with Gasteiger partial charge >= 0.3 is 0 Å². The number of fused-ring (bicyclic) bond motifs is 7. The summed E-state index contributed by atoms with van der Waals surface area (Å²) in [5.74, 6) is 0.748. The molecule has 0 N–H and O–H groups in total. The van der Waals surface area contributed by atoms with Gasteiger partial charge in [-0.3, -0.25) is 0 Å². The van der Waals surface area contributed by atoms with Gasteiger partial charge in [-0.1, -0.05) is 147 Å². The Morgan fingerprint density at radius 3 is 1.84 bits per heavy atom. The van der Waals surface area contributed by atoms with Crippen molar-refractivity contribution in [2.75, 3.05) is 0 Å². The molecule has 1 aliphatic carbocycles. The number of rotatable bonds is 4. The summed E-state index contributed by atoms with van der Waals surface area (Å²) < 4.78 is 2.68. The van der Waals surface area contributed by atoms with Crippen molar-refractivity contribution in [3.63, 3.8) is 0 Å². The van der Waals surface area contributed by atoms with Crippen molar-refractivity contribution in [1.82, 2.24) is 9.97 Å². The van der Waals surface area contributed by atoms with E-state index in [1.54, 1.807) is 0 Å². The first-order chi connectivity index (χ1) is 24.5. The molecule has 0 saturated heterocycles. The van der Waals surface area contributed by atoms with Gasteiger partial charge in [-0.2, -0.15) is 0 Å². The maximum absolute atomic E-state index is 5.26. The van der Waals surface area contributed by atoms with Gasteiger partial charge in [0.2, 0.25) is 0 Å². The van der Waals surface area contributed by atoms with Crippen molar-refractivity contribution in [2.45, 2.75) is 19.3 Å². The zero-order valence-electron chi connectivity index (χ0n) is 27.8. The first-order valence-corrected chi connectivity index (χ1v) is 18.0. The highest BCUT2D eigenvalue weighted by Gasteiger charge is 2.36. The Hall–Kier alpha value is -5.90. The Balaban J connectivity index is 1.06. The van der Waals surface area contributed by atoms with Gasteiger partial charge < -0.3 is 0 Å². The first kappa shape index (κ1) is 29.1. The summed E-state index contributed by atoms with van der Waals surface area (Å²) in [5, 5.41) is 3.72. The molecule has 0 fully saturated rings.